The highest BCUT2D eigenvalue weighted by Crippen LogP contribution is 2.30. The van der Waals surface area contributed by atoms with Crippen molar-refractivity contribution in [2.45, 2.75) is 25.0 Å². The van der Waals surface area contributed by atoms with Crippen molar-refractivity contribution in [3.63, 3.8) is 0 Å². The van der Waals surface area contributed by atoms with Gasteiger partial charge in [-0.25, -0.2) is 4.79 Å². The molecule has 3 aromatic rings. The first-order valence-electron chi connectivity index (χ1n) is 9.47. The summed E-state index contributed by atoms with van der Waals surface area (Å²) in [7, 11) is 1.36. The Labute approximate surface area is 169 Å². The lowest BCUT2D eigenvalue weighted by Crippen LogP contribution is -2.42. The van der Waals surface area contributed by atoms with Crippen LogP contribution >= 0.6 is 0 Å². The first kappa shape index (κ1) is 19.1. The monoisotopic (exact) mass is 390 g/mol. The van der Waals surface area contributed by atoms with Crippen molar-refractivity contribution in [2.75, 3.05) is 13.7 Å². The molecule has 1 atom stereocenters. The molecule has 0 radical (unpaired) electrons. The number of hydrogen-bond donors (Lipinski definition) is 0. The molecule has 0 N–H and O–H groups in total. The number of carbonyl (C=O) groups is 1. The highest BCUT2D eigenvalue weighted by molar-refractivity contribution is 5.94. The number of aromatic nitrogens is 1. The van der Waals surface area contributed by atoms with E-state index in [1.165, 1.54) is 7.11 Å². The van der Waals surface area contributed by atoms with Gasteiger partial charge in [-0.1, -0.05) is 59.8 Å². The maximum absolute atomic E-state index is 12.5. The molecule has 0 bridgehead atoms. The van der Waals surface area contributed by atoms with Crippen molar-refractivity contribution in [3.8, 4) is 0 Å². The number of methoxy groups -OCH3 is 1. The highest BCUT2D eigenvalue weighted by Gasteiger charge is 2.47. The van der Waals surface area contributed by atoms with E-state index in [1.807, 2.05) is 60.7 Å². The molecule has 0 aliphatic carbocycles. The number of nitrogens with zero attached hydrogens (tertiary/aromatic N) is 2. The van der Waals surface area contributed by atoms with E-state index in [-0.39, 0.29) is 6.61 Å². The summed E-state index contributed by atoms with van der Waals surface area (Å²) < 4.78 is 10.8. The molecular formula is C23H22N2O4. The van der Waals surface area contributed by atoms with E-state index >= 15 is 0 Å². The molecule has 1 aliphatic rings. The van der Waals surface area contributed by atoms with E-state index in [2.05, 4.69) is 10.1 Å². The van der Waals surface area contributed by atoms with Crippen LogP contribution in [0.15, 0.2) is 72.0 Å². The zero-order valence-electron chi connectivity index (χ0n) is 16.2. The number of fused-ring (bicyclic) bond motifs is 1. The van der Waals surface area contributed by atoms with Gasteiger partial charge < -0.3 is 14.3 Å². The Bertz CT molecular complexity index is 1030. The quantitative estimate of drug-likeness (QED) is 0.576. The van der Waals surface area contributed by atoms with Gasteiger partial charge in [0.05, 0.1) is 31.7 Å². The molecule has 0 saturated heterocycles. The Balaban J connectivity index is 1.40. The van der Waals surface area contributed by atoms with Crippen LogP contribution < -0.4 is 0 Å². The minimum absolute atomic E-state index is 0.262. The summed E-state index contributed by atoms with van der Waals surface area (Å²) in [5.74, 6) is -0.434. The van der Waals surface area contributed by atoms with Gasteiger partial charge in [-0.05, 0) is 17.0 Å². The largest absolute Gasteiger partial charge is 0.466 e. The summed E-state index contributed by atoms with van der Waals surface area (Å²) in [6.45, 7) is 0.614. The van der Waals surface area contributed by atoms with Crippen LogP contribution in [0.3, 0.4) is 0 Å². The molecule has 4 rings (SSSR count). The number of carbonyl (C=O) groups excluding carboxylic acids is 1. The van der Waals surface area contributed by atoms with Crippen LogP contribution in [0.1, 0.15) is 17.7 Å². The standard InChI is InChI=1S/C23H22N2O4/c1-27-22(26)23(13-17-7-3-2-4-8-17)14-19(25-29-23)15-28-16-21-20-10-6-5-9-18(20)11-12-24-21/h2-12H,13-16H2,1H3. The molecule has 1 aromatic heterocycles. The van der Waals surface area contributed by atoms with Gasteiger partial charge in [-0.15, -0.1) is 0 Å². The van der Waals surface area contributed by atoms with Crippen LogP contribution in [0.25, 0.3) is 10.8 Å². The van der Waals surface area contributed by atoms with Gasteiger partial charge >= 0.3 is 5.97 Å². The van der Waals surface area contributed by atoms with Crippen molar-refractivity contribution in [3.05, 3.63) is 78.1 Å². The van der Waals surface area contributed by atoms with Crippen LogP contribution in [0.5, 0.6) is 0 Å². The SMILES string of the molecule is COC(=O)C1(Cc2ccccc2)CC(COCc2nccc3ccccc23)=NO1. The molecule has 0 spiro atoms. The van der Waals surface area contributed by atoms with Crippen molar-refractivity contribution in [1.29, 1.82) is 0 Å². The number of ether oxygens (including phenoxy) is 2. The highest BCUT2D eigenvalue weighted by atomic mass is 16.7. The topological polar surface area (TPSA) is 70.0 Å². The summed E-state index contributed by atoms with van der Waals surface area (Å²) >= 11 is 0. The van der Waals surface area contributed by atoms with Crippen molar-refractivity contribution in [2.24, 2.45) is 5.16 Å². The molecular weight excluding hydrogens is 368 g/mol. The summed E-state index contributed by atoms with van der Waals surface area (Å²) in [5, 5.41) is 6.30. The molecule has 6 heteroatoms. The first-order valence-corrected chi connectivity index (χ1v) is 9.47. The number of esters is 1. The van der Waals surface area contributed by atoms with Gasteiger partial charge in [0, 0.05) is 24.4 Å². The smallest absolute Gasteiger partial charge is 0.353 e. The number of oxime groups is 1. The number of rotatable bonds is 7. The van der Waals surface area contributed by atoms with Gasteiger partial charge in [0.25, 0.3) is 0 Å². The third-order valence-corrected chi connectivity index (χ3v) is 4.99. The summed E-state index contributed by atoms with van der Waals surface area (Å²) in [4.78, 5) is 22.5. The van der Waals surface area contributed by atoms with Crippen LogP contribution in [-0.4, -0.2) is 36.0 Å². The maximum atomic E-state index is 12.5. The van der Waals surface area contributed by atoms with Crippen LogP contribution in [0.2, 0.25) is 0 Å². The van der Waals surface area contributed by atoms with Crippen LogP contribution in [0.4, 0.5) is 0 Å². The Morgan fingerprint density at radius 1 is 1.07 bits per heavy atom. The van der Waals surface area contributed by atoms with Crippen LogP contribution in [0, 0.1) is 0 Å². The minimum Gasteiger partial charge on any atom is -0.466 e. The molecule has 2 heterocycles. The van der Waals surface area contributed by atoms with E-state index in [0.29, 0.717) is 25.2 Å². The van der Waals surface area contributed by atoms with E-state index in [9.17, 15) is 4.79 Å². The lowest BCUT2D eigenvalue weighted by Gasteiger charge is -2.23. The predicted octanol–water partition coefficient (Wildman–Crippen LogP) is 3.68. The fourth-order valence-electron chi connectivity index (χ4n) is 3.57. The Morgan fingerprint density at radius 3 is 2.69 bits per heavy atom. The van der Waals surface area contributed by atoms with Gasteiger partial charge in [-0.3, -0.25) is 4.98 Å². The zero-order chi connectivity index (χ0) is 20.1. The molecule has 0 amide bonds. The van der Waals surface area contributed by atoms with Gasteiger partial charge in [0.2, 0.25) is 5.60 Å². The number of hydrogen-bond acceptors (Lipinski definition) is 6. The lowest BCUT2D eigenvalue weighted by atomic mass is 9.90. The third-order valence-electron chi connectivity index (χ3n) is 4.99. The number of pyridine rings is 1. The fraction of sp³-hybridized carbons (Fsp3) is 0.261. The molecule has 1 unspecified atom stereocenters. The van der Waals surface area contributed by atoms with Crippen molar-refractivity contribution in [1.82, 2.24) is 4.98 Å². The second-order valence-electron chi connectivity index (χ2n) is 7.05. The zero-order valence-corrected chi connectivity index (χ0v) is 16.2. The third kappa shape index (κ3) is 4.12. The first-order chi connectivity index (χ1) is 14.2. The Hall–Kier alpha value is -3.25. The predicted molar refractivity (Wildman–Crippen MR) is 109 cm³/mol. The van der Waals surface area contributed by atoms with Gasteiger partial charge in [0.15, 0.2) is 0 Å². The second kappa shape index (κ2) is 8.41. The molecule has 148 valence electrons. The molecule has 0 saturated carbocycles. The fourth-order valence-corrected chi connectivity index (χ4v) is 3.57. The summed E-state index contributed by atoms with van der Waals surface area (Å²) in [6, 6.07) is 19.7. The Morgan fingerprint density at radius 2 is 1.86 bits per heavy atom. The normalized spacial score (nSPS) is 18.3. The van der Waals surface area contributed by atoms with Crippen molar-refractivity contribution >= 4 is 22.5 Å². The molecule has 2 aromatic carbocycles. The summed E-state index contributed by atoms with van der Waals surface area (Å²) in [6.07, 6.45) is 2.50. The van der Waals surface area contributed by atoms with E-state index in [4.69, 9.17) is 14.3 Å². The van der Waals surface area contributed by atoms with E-state index < -0.39 is 11.6 Å². The average Bonchev–Trinajstić information content (AvgIpc) is 3.18. The maximum Gasteiger partial charge on any atom is 0.353 e. The average molecular weight is 390 g/mol. The molecule has 0 fully saturated rings. The molecule has 1 aliphatic heterocycles. The lowest BCUT2D eigenvalue weighted by molar-refractivity contribution is -0.166. The van der Waals surface area contributed by atoms with Gasteiger partial charge in [0.1, 0.15) is 0 Å². The number of benzene rings is 2. The van der Waals surface area contributed by atoms with E-state index in [0.717, 1.165) is 22.0 Å². The second-order valence-corrected chi connectivity index (χ2v) is 7.05. The van der Waals surface area contributed by atoms with E-state index in [1.54, 1.807) is 6.20 Å². The minimum atomic E-state index is -1.15. The molecule has 29 heavy (non-hydrogen) atoms. The Kier molecular flexibility index (Phi) is 5.53. The van der Waals surface area contributed by atoms with Gasteiger partial charge in [-0.2, -0.15) is 0 Å². The van der Waals surface area contributed by atoms with Crippen molar-refractivity contribution < 1.29 is 19.1 Å². The summed E-state index contributed by atoms with van der Waals surface area (Å²) in [5.41, 5.74) is 1.37. The molecule has 6 nitrogen and oxygen atoms in total. The van der Waals surface area contributed by atoms with Crippen LogP contribution in [-0.2, 0) is 32.1 Å².